The van der Waals surface area contributed by atoms with E-state index in [2.05, 4.69) is 21.7 Å². The van der Waals surface area contributed by atoms with Crippen molar-refractivity contribution in [1.29, 1.82) is 5.26 Å². The number of anilines is 2. The summed E-state index contributed by atoms with van der Waals surface area (Å²) in [5.74, 6) is -1.32. The van der Waals surface area contributed by atoms with Gasteiger partial charge >= 0.3 is 0 Å². The lowest BCUT2D eigenvalue weighted by molar-refractivity contribution is -0.136. The molecule has 3 aromatic carbocycles. The number of methoxy groups -OCH3 is 2. The van der Waals surface area contributed by atoms with E-state index in [9.17, 15) is 19.6 Å². The topological polar surface area (TPSA) is 143 Å². The van der Waals surface area contributed by atoms with Gasteiger partial charge in [-0.25, -0.2) is 4.39 Å². The number of hydrogen-bond acceptors (Lipinski definition) is 9. The molecule has 1 saturated heterocycles. The molecule has 46 heavy (non-hydrogen) atoms. The molecule has 11 nitrogen and oxygen atoms in total. The number of nitriles is 1. The molecule has 1 unspecified atom stereocenters. The fourth-order valence-corrected chi connectivity index (χ4v) is 6.08. The number of imide groups is 1. The minimum Gasteiger partial charge on any atom is -0.495 e. The lowest BCUT2D eigenvalue weighted by Crippen LogP contribution is -2.52. The van der Waals surface area contributed by atoms with Crippen LogP contribution in [0.4, 0.5) is 15.8 Å². The van der Waals surface area contributed by atoms with Crippen molar-refractivity contribution >= 4 is 63.2 Å². The molecule has 0 saturated carbocycles. The van der Waals surface area contributed by atoms with E-state index < -0.39 is 29.6 Å². The van der Waals surface area contributed by atoms with Crippen molar-refractivity contribution < 1.29 is 33.0 Å². The van der Waals surface area contributed by atoms with Gasteiger partial charge in [0.1, 0.15) is 30.3 Å². The van der Waals surface area contributed by atoms with Crippen LogP contribution in [0.5, 0.6) is 17.2 Å². The standard InChI is InChI=1S/C32H24Cl2FN5O6/c1-44-25-10-23(19(33)8-20(25)34)38-30-17(11-36)12-37-22-9-27(26(45-2)7-18(22)30)46-14-15-5-16-13-40(32(43)29(16)21(35)6-15)24-3-4-28(41)39-31(24)42/h5-10,12,24H,3-4,13-14H2,1-2H3,(H,37,38)(H,39,41,42). The second-order valence-corrected chi connectivity index (χ2v) is 11.4. The number of ether oxygens (including phenoxy) is 3. The van der Waals surface area contributed by atoms with Crippen molar-refractivity contribution in [1.82, 2.24) is 15.2 Å². The summed E-state index contributed by atoms with van der Waals surface area (Å²) in [5.41, 5.74) is 2.31. The van der Waals surface area contributed by atoms with Gasteiger partial charge < -0.3 is 24.4 Å². The molecule has 0 radical (unpaired) electrons. The average molecular weight is 664 g/mol. The van der Waals surface area contributed by atoms with E-state index in [1.165, 1.54) is 37.4 Å². The Morgan fingerprint density at radius 1 is 1.07 bits per heavy atom. The molecule has 0 spiro atoms. The van der Waals surface area contributed by atoms with Gasteiger partial charge in [-0.1, -0.05) is 23.2 Å². The van der Waals surface area contributed by atoms with Crippen molar-refractivity contribution in [2.45, 2.75) is 32.0 Å². The second kappa shape index (κ2) is 12.3. The minimum atomic E-state index is -0.857. The predicted octanol–water partition coefficient (Wildman–Crippen LogP) is 5.65. The van der Waals surface area contributed by atoms with E-state index in [1.54, 1.807) is 24.3 Å². The van der Waals surface area contributed by atoms with E-state index in [-0.39, 0.29) is 37.1 Å². The Morgan fingerprint density at radius 3 is 2.57 bits per heavy atom. The van der Waals surface area contributed by atoms with Crippen molar-refractivity contribution in [3.63, 3.8) is 0 Å². The fraction of sp³-hybridized carbons (Fsp3) is 0.219. The Morgan fingerprint density at radius 2 is 1.85 bits per heavy atom. The minimum absolute atomic E-state index is 0.0228. The Balaban J connectivity index is 1.27. The molecule has 6 rings (SSSR count). The maximum Gasteiger partial charge on any atom is 0.258 e. The molecule has 1 aromatic heterocycles. The highest BCUT2D eigenvalue weighted by molar-refractivity contribution is 6.37. The summed E-state index contributed by atoms with van der Waals surface area (Å²) in [5, 5.41) is 16.4. The van der Waals surface area contributed by atoms with Gasteiger partial charge in [-0.3, -0.25) is 24.7 Å². The molecular formula is C32H24Cl2FN5O6. The molecule has 2 aliphatic heterocycles. The van der Waals surface area contributed by atoms with Crippen LogP contribution in [-0.2, 0) is 22.7 Å². The number of nitrogens with one attached hydrogen (secondary N) is 2. The van der Waals surface area contributed by atoms with Crippen LogP contribution in [0.2, 0.25) is 10.0 Å². The van der Waals surface area contributed by atoms with Crippen molar-refractivity contribution in [3.05, 3.63) is 80.7 Å². The fourth-order valence-electron chi connectivity index (χ4n) is 5.57. The zero-order chi connectivity index (χ0) is 32.7. The highest BCUT2D eigenvalue weighted by Gasteiger charge is 2.40. The first kappa shape index (κ1) is 30.9. The number of carbonyl (C=O) groups excluding carboxylic acids is 3. The molecule has 14 heteroatoms. The molecular weight excluding hydrogens is 640 g/mol. The van der Waals surface area contributed by atoms with E-state index in [0.29, 0.717) is 60.7 Å². The summed E-state index contributed by atoms with van der Waals surface area (Å²) in [6, 6.07) is 10.5. The molecule has 2 N–H and O–H groups in total. The molecule has 2 aliphatic rings. The number of carbonyl (C=O) groups is 3. The predicted molar refractivity (Wildman–Crippen MR) is 166 cm³/mol. The van der Waals surface area contributed by atoms with Gasteiger partial charge in [0.05, 0.1) is 52.3 Å². The summed E-state index contributed by atoms with van der Waals surface area (Å²) < 4.78 is 32.2. The maximum absolute atomic E-state index is 15.2. The third kappa shape index (κ3) is 5.59. The Hall–Kier alpha value is -5.12. The summed E-state index contributed by atoms with van der Waals surface area (Å²) in [7, 11) is 2.93. The van der Waals surface area contributed by atoms with Crippen LogP contribution in [0.25, 0.3) is 10.9 Å². The third-order valence-corrected chi connectivity index (χ3v) is 8.41. The van der Waals surface area contributed by atoms with E-state index in [1.807, 2.05) is 0 Å². The number of nitrogens with zero attached hydrogens (tertiary/aromatic N) is 3. The highest BCUT2D eigenvalue weighted by atomic mass is 35.5. The number of hydrogen-bond donors (Lipinski definition) is 2. The number of benzene rings is 3. The smallest absolute Gasteiger partial charge is 0.258 e. The molecule has 234 valence electrons. The Bertz CT molecular complexity index is 2000. The van der Waals surface area contributed by atoms with E-state index in [0.717, 1.165) is 0 Å². The number of halogens is 3. The largest absolute Gasteiger partial charge is 0.495 e. The van der Waals surface area contributed by atoms with Crippen LogP contribution in [0, 0.1) is 17.1 Å². The quantitative estimate of drug-likeness (QED) is 0.229. The van der Waals surface area contributed by atoms with Crippen molar-refractivity contribution in [3.8, 4) is 23.3 Å². The normalized spacial score (nSPS) is 15.8. The summed E-state index contributed by atoms with van der Waals surface area (Å²) in [4.78, 5) is 42.6. The first-order valence-electron chi connectivity index (χ1n) is 13.9. The molecule has 0 aliphatic carbocycles. The van der Waals surface area contributed by atoms with Gasteiger partial charge in [-0.15, -0.1) is 0 Å². The van der Waals surface area contributed by atoms with Crippen molar-refractivity contribution in [2.24, 2.45) is 0 Å². The van der Waals surface area contributed by atoms with E-state index >= 15 is 4.39 Å². The van der Waals surface area contributed by atoms with Gasteiger partial charge in [0.2, 0.25) is 11.8 Å². The third-order valence-electron chi connectivity index (χ3n) is 7.80. The number of amides is 3. The summed E-state index contributed by atoms with van der Waals surface area (Å²) in [6.45, 7) is -0.0603. The zero-order valence-electron chi connectivity index (χ0n) is 24.4. The van der Waals surface area contributed by atoms with Gasteiger partial charge in [-0.2, -0.15) is 5.26 Å². The van der Waals surface area contributed by atoms with Crippen LogP contribution >= 0.6 is 23.2 Å². The number of aromatic nitrogens is 1. The van der Waals surface area contributed by atoms with Gasteiger partial charge in [-0.05, 0) is 41.8 Å². The van der Waals surface area contributed by atoms with Crippen molar-refractivity contribution in [2.75, 3.05) is 19.5 Å². The molecule has 3 amide bonds. The summed E-state index contributed by atoms with van der Waals surface area (Å²) >= 11 is 12.6. The Labute approximate surface area is 271 Å². The van der Waals surface area contributed by atoms with Crippen LogP contribution in [-0.4, -0.2) is 47.9 Å². The van der Waals surface area contributed by atoms with E-state index in [4.69, 9.17) is 37.4 Å². The van der Waals surface area contributed by atoms with Crippen LogP contribution in [0.3, 0.4) is 0 Å². The van der Waals surface area contributed by atoms with Crippen LogP contribution < -0.4 is 24.8 Å². The maximum atomic E-state index is 15.2. The molecule has 1 fully saturated rings. The Kier molecular flexibility index (Phi) is 8.29. The lowest BCUT2D eigenvalue weighted by atomic mass is 10.0. The second-order valence-electron chi connectivity index (χ2n) is 10.6. The number of piperidine rings is 1. The SMILES string of the molecule is COc1cc(Nc2c(C#N)cnc3cc(OCc4cc(F)c5c(c4)CN(C4CCC(=O)NC4=O)C5=O)c(OC)cc23)c(Cl)cc1Cl. The zero-order valence-corrected chi connectivity index (χ0v) is 25.9. The number of rotatable bonds is 8. The average Bonchev–Trinajstić information content (AvgIpc) is 3.36. The molecule has 4 aromatic rings. The summed E-state index contributed by atoms with van der Waals surface area (Å²) in [6.07, 6.45) is 1.68. The monoisotopic (exact) mass is 663 g/mol. The molecule has 1 atom stereocenters. The van der Waals surface area contributed by atoms with Gasteiger partial charge in [0.25, 0.3) is 5.91 Å². The first-order chi connectivity index (χ1) is 22.1. The number of pyridine rings is 1. The van der Waals surface area contributed by atoms with Gasteiger partial charge in [0, 0.05) is 36.7 Å². The van der Waals surface area contributed by atoms with Crippen LogP contribution in [0.15, 0.2) is 42.6 Å². The number of fused-ring (bicyclic) bond motifs is 2. The molecule has 0 bridgehead atoms. The van der Waals surface area contributed by atoms with Crippen LogP contribution in [0.1, 0.15) is 39.9 Å². The van der Waals surface area contributed by atoms with Gasteiger partial charge in [0.15, 0.2) is 11.5 Å². The first-order valence-corrected chi connectivity index (χ1v) is 14.7. The molecule has 3 heterocycles. The highest BCUT2D eigenvalue weighted by Crippen LogP contribution is 2.41. The lowest BCUT2D eigenvalue weighted by Gasteiger charge is -2.29.